The van der Waals surface area contributed by atoms with Gasteiger partial charge < -0.3 is 25.2 Å². The van der Waals surface area contributed by atoms with Crippen molar-refractivity contribution in [1.29, 1.82) is 0 Å². The number of fused-ring (bicyclic) bond motifs is 3. The number of ether oxygens (including phenoxy) is 2. The van der Waals surface area contributed by atoms with Gasteiger partial charge in [0.05, 0.1) is 6.61 Å². The molecule has 2 aromatic rings. The van der Waals surface area contributed by atoms with E-state index >= 15 is 0 Å². The molecule has 0 aromatic heterocycles. The number of aliphatic carboxylic acids is 1. The Kier molecular flexibility index (Phi) is 6.88. The van der Waals surface area contributed by atoms with E-state index in [2.05, 4.69) is 22.8 Å². The molecular weight excluding hydrogens is 436 g/mol. The van der Waals surface area contributed by atoms with Crippen LogP contribution < -0.4 is 10.6 Å². The fraction of sp³-hybridized carbons (Fsp3) is 0.423. The second-order valence-corrected chi connectivity index (χ2v) is 9.26. The zero-order valence-corrected chi connectivity index (χ0v) is 19.4. The Morgan fingerprint density at radius 2 is 1.65 bits per heavy atom. The van der Waals surface area contributed by atoms with Crippen LogP contribution in [0.4, 0.5) is 4.79 Å². The molecule has 2 aliphatic carbocycles. The summed E-state index contributed by atoms with van der Waals surface area (Å²) in [4.78, 5) is 37.3. The molecule has 0 heterocycles. The molecule has 3 N–H and O–H groups in total. The minimum Gasteiger partial charge on any atom is -0.480 e. The van der Waals surface area contributed by atoms with Crippen LogP contribution in [0.3, 0.4) is 0 Å². The lowest BCUT2D eigenvalue weighted by molar-refractivity contribution is -0.143. The minimum absolute atomic E-state index is 0.101. The molecular formula is C26H30N2O6. The van der Waals surface area contributed by atoms with Crippen molar-refractivity contribution < 1.29 is 29.0 Å². The highest BCUT2D eigenvalue weighted by Crippen LogP contribution is 2.44. The van der Waals surface area contributed by atoms with Crippen molar-refractivity contribution in [1.82, 2.24) is 10.6 Å². The first-order chi connectivity index (χ1) is 16.3. The molecule has 0 spiro atoms. The van der Waals surface area contributed by atoms with Crippen molar-refractivity contribution in [2.45, 2.75) is 43.7 Å². The Hall–Kier alpha value is -3.39. The van der Waals surface area contributed by atoms with E-state index in [0.29, 0.717) is 12.3 Å². The second kappa shape index (κ2) is 9.85. The van der Waals surface area contributed by atoms with Crippen LogP contribution in [0.5, 0.6) is 0 Å². The smallest absolute Gasteiger partial charge is 0.408 e. The van der Waals surface area contributed by atoms with Crippen molar-refractivity contribution in [2.24, 2.45) is 5.92 Å². The van der Waals surface area contributed by atoms with Crippen LogP contribution in [0.15, 0.2) is 48.5 Å². The number of hydrogen-bond donors (Lipinski definition) is 3. The Balaban J connectivity index is 1.42. The lowest BCUT2D eigenvalue weighted by Crippen LogP contribution is -2.62. The summed E-state index contributed by atoms with van der Waals surface area (Å²) in [5.74, 6) is -1.53. The summed E-state index contributed by atoms with van der Waals surface area (Å²) in [6.07, 6.45) is 1.53. The van der Waals surface area contributed by atoms with Crippen LogP contribution >= 0.6 is 0 Å². The number of amides is 2. The second-order valence-electron chi connectivity index (χ2n) is 9.26. The topological polar surface area (TPSA) is 114 Å². The Morgan fingerprint density at radius 3 is 2.18 bits per heavy atom. The summed E-state index contributed by atoms with van der Waals surface area (Å²) in [7, 11) is 1.41. The largest absolute Gasteiger partial charge is 0.480 e. The summed E-state index contributed by atoms with van der Waals surface area (Å²) in [5.41, 5.74) is 2.91. The van der Waals surface area contributed by atoms with Crippen molar-refractivity contribution in [3.05, 3.63) is 59.7 Å². The van der Waals surface area contributed by atoms with Crippen molar-refractivity contribution >= 4 is 18.0 Å². The van der Waals surface area contributed by atoms with Gasteiger partial charge in [0, 0.05) is 13.0 Å². The highest BCUT2D eigenvalue weighted by Gasteiger charge is 2.39. The number of nitrogens with one attached hydrogen (secondary N) is 2. The fourth-order valence-electron chi connectivity index (χ4n) is 4.53. The van der Waals surface area contributed by atoms with E-state index in [0.717, 1.165) is 35.1 Å². The molecule has 180 valence electrons. The minimum atomic E-state index is -1.49. The molecule has 0 aliphatic heterocycles. The Morgan fingerprint density at radius 1 is 1.06 bits per heavy atom. The number of carbonyl (C=O) groups excluding carboxylic acids is 2. The summed E-state index contributed by atoms with van der Waals surface area (Å²) in [5, 5.41) is 14.6. The van der Waals surface area contributed by atoms with E-state index < -0.39 is 29.6 Å². The molecule has 2 atom stereocenters. The number of carboxylic acid groups (broad SMARTS) is 1. The molecule has 1 saturated carbocycles. The molecule has 1 fully saturated rings. The van der Waals surface area contributed by atoms with Gasteiger partial charge in [0.2, 0.25) is 5.91 Å². The highest BCUT2D eigenvalue weighted by molar-refractivity contribution is 5.92. The first kappa shape index (κ1) is 23.8. The quantitative estimate of drug-likeness (QED) is 0.495. The van der Waals surface area contributed by atoms with Crippen LogP contribution in [-0.2, 0) is 19.1 Å². The van der Waals surface area contributed by atoms with Gasteiger partial charge >= 0.3 is 12.1 Å². The highest BCUT2D eigenvalue weighted by atomic mass is 16.5. The number of methoxy groups -OCH3 is 1. The lowest BCUT2D eigenvalue weighted by Gasteiger charge is -2.30. The molecule has 0 bridgehead atoms. The van der Waals surface area contributed by atoms with Gasteiger partial charge in [0.1, 0.15) is 18.2 Å². The molecule has 0 radical (unpaired) electrons. The van der Waals surface area contributed by atoms with Gasteiger partial charge in [-0.05, 0) is 41.5 Å². The van der Waals surface area contributed by atoms with Gasteiger partial charge in [-0.2, -0.15) is 0 Å². The number of alkyl carbamates (subject to hydrolysis) is 1. The first-order valence-electron chi connectivity index (χ1n) is 11.5. The Labute approximate surface area is 198 Å². The van der Waals surface area contributed by atoms with Crippen LogP contribution in [0.1, 0.15) is 43.2 Å². The first-order valence-corrected chi connectivity index (χ1v) is 11.5. The van der Waals surface area contributed by atoms with Gasteiger partial charge in [-0.1, -0.05) is 61.4 Å². The molecule has 4 rings (SSSR count). The average molecular weight is 467 g/mol. The number of rotatable bonds is 10. The summed E-state index contributed by atoms with van der Waals surface area (Å²) in [6.45, 7) is 1.45. The average Bonchev–Trinajstić information content (AvgIpc) is 3.58. The van der Waals surface area contributed by atoms with E-state index in [-0.39, 0.29) is 19.1 Å². The predicted molar refractivity (Wildman–Crippen MR) is 125 cm³/mol. The van der Waals surface area contributed by atoms with Gasteiger partial charge in [0.15, 0.2) is 0 Å². The van der Waals surface area contributed by atoms with Crippen LogP contribution in [0.25, 0.3) is 11.1 Å². The van der Waals surface area contributed by atoms with Crippen LogP contribution in [0.2, 0.25) is 0 Å². The number of carboxylic acids is 1. The summed E-state index contributed by atoms with van der Waals surface area (Å²) < 4.78 is 10.7. The number of benzene rings is 2. The van der Waals surface area contributed by atoms with Gasteiger partial charge in [0.25, 0.3) is 0 Å². The van der Waals surface area contributed by atoms with E-state index in [1.165, 1.54) is 14.0 Å². The Bertz CT molecular complexity index is 1040. The van der Waals surface area contributed by atoms with Crippen molar-refractivity contribution in [3.63, 3.8) is 0 Å². The van der Waals surface area contributed by atoms with Gasteiger partial charge in [-0.15, -0.1) is 0 Å². The lowest BCUT2D eigenvalue weighted by atomic mass is 9.98. The monoisotopic (exact) mass is 466 g/mol. The molecule has 0 saturated heterocycles. The summed E-state index contributed by atoms with van der Waals surface area (Å²) in [6, 6.07) is 15.0. The maximum Gasteiger partial charge on any atom is 0.408 e. The molecule has 8 heteroatoms. The van der Waals surface area contributed by atoms with E-state index in [4.69, 9.17) is 9.47 Å². The normalized spacial score (nSPS) is 17.1. The van der Waals surface area contributed by atoms with Crippen LogP contribution in [-0.4, -0.2) is 55.0 Å². The van der Waals surface area contributed by atoms with Crippen LogP contribution in [0, 0.1) is 5.92 Å². The third-order valence-corrected chi connectivity index (χ3v) is 6.53. The van der Waals surface area contributed by atoms with E-state index in [1.807, 2.05) is 36.4 Å². The zero-order valence-electron chi connectivity index (χ0n) is 19.4. The van der Waals surface area contributed by atoms with E-state index in [9.17, 15) is 19.5 Å². The SMILES string of the molecule is COCC(C)(NC(=O)OCC1c2ccccc2-c2ccccc21)C(=O)NC(CC1CC1)C(=O)O. The molecule has 8 nitrogen and oxygen atoms in total. The number of carbonyl (C=O) groups is 3. The third-order valence-electron chi connectivity index (χ3n) is 6.53. The van der Waals surface area contributed by atoms with Crippen molar-refractivity contribution in [3.8, 4) is 11.1 Å². The molecule has 2 amide bonds. The molecule has 2 aliphatic rings. The zero-order chi connectivity index (χ0) is 24.3. The molecule has 2 aromatic carbocycles. The molecule has 34 heavy (non-hydrogen) atoms. The fourth-order valence-corrected chi connectivity index (χ4v) is 4.53. The molecule has 2 unspecified atom stereocenters. The van der Waals surface area contributed by atoms with Crippen molar-refractivity contribution in [2.75, 3.05) is 20.3 Å². The third kappa shape index (κ3) is 5.07. The standard InChI is InChI=1S/C26H30N2O6/c1-26(15-33-2,24(31)27-22(23(29)30)13-16-11-12-16)28-25(32)34-14-21-19-9-5-3-7-17(19)18-8-4-6-10-20(18)21/h3-10,16,21-22H,11-15H2,1-2H3,(H,27,31)(H,28,32)(H,29,30). The van der Waals surface area contributed by atoms with Gasteiger partial charge in [-0.25, -0.2) is 9.59 Å². The predicted octanol–water partition coefficient (Wildman–Crippen LogP) is 3.30. The summed E-state index contributed by atoms with van der Waals surface area (Å²) >= 11 is 0. The van der Waals surface area contributed by atoms with Gasteiger partial charge in [-0.3, -0.25) is 4.79 Å². The van der Waals surface area contributed by atoms with E-state index in [1.54, 1.807) is 0 Å². The maximum atomic E-state index is 13.0. The maximum absolute atomic E-state index is 13.0. The number of hydrogen-bond acceptors (Lipinski definition) is 5.